The van der Waals surface area contributed by atoms with E-state index < -0.39 is 42.1 Å². The summed E-state index contributed by atoms with van der Waals surface area (Å²) in [5, 5.41) is 16.7. The molecule has 92 valence electrons. The van der Waals surface area contributed by atoms with E-state index in [1.165, 1.54) is 0 Å². The summed E-state index contributed by atoms with van der Waals surface area (Å²) in [5.74, 6) is 0. The third-order valence-electron chi connectivity index (χ3n) is 0.888. The normalized spacial score (nSPS) is 13.1. The van der Waals surface area contributed by atoms with E-state index in [0.717, 1.165) is 0 Å². The number of hydrogen-bond donors (Lipinski definition) is 4. The van der Waals surface area contributed by atoms with Gasteiger partial charge in [-0.05, 0) is 0 Å². The molecule has 0 rings (SSSR count). The molecule has 9 nitrogen and oxygen atoms in total. The Balaban J connectivity index is 4.40. The quantitative estimate of drug-likeness (QED) is 0.416. The molecular formula is C4H12O9P2. The largest absolute Gasteiger partial charge is 0.483 e. The van der Waals surface area contributed by atoms with Crippen LogP contribution in [0, 0.1) is 0 Å². The minimum absolute atomic E-state index is 0.483. The van der Waals surface area contributed by atoms with Gasteiger partial charge in [0.2, 0.25) is 0 Å². The van der Waals surface area contributed by atoms with Crippen LogP contribution in [0.3, 0.4) is 0 Å². The van der Waals surface area contributed by atoms with Gasteiger partial charge in [-0.25, -0.2) is 9.13 Å². The van der Waals surface area contributed by atoms with E-state index in [0.29, 0.717) is 0 Å². The number of aliphatic hydroxyl groups is 2. The molecule has 0 amide bonds. The summed E-state index contributed by atoms with van der Waals surface area (Å²) < 4.78 is 34.2. The maximum absolute atomic E-state index is 11.4. The lowest BCUT2D eigenvalue weighted by atomic mass is 10.8. The molecule has 0 aromatic heterocycles. The van der Waals surface area contributed by atoms with Gasteiger partial charge in [-0.15, -0.1) is 0 Å². The highest BCUT2D eigenvalue weighted by atomic mass is 31.3. The number of hydrogen-bond acceptors (Lipinski definition) is 7. The van der Waals surface area contributed by atoms with Crippen molar-refractivity contribution in [2.75, 3.05) is 26.4 Å². The highest BCUT2D eigenvalue weighted by molar-refractivity contribution is 7.61. The molecular weight excluding hydrogens is 254 g/mol. The summed E-state index contributed by atoms with van der Waals surface area (Å²) >= 11 is 0. The number of rotatable bonds is 8. The topological polar surface area (TPSA) is 143 Å². The number of phosphoric acid groups is 2. The summed E-state index contributed by atoms with van der Waals surface area (Å²) in [6.45, 7) is -2.03. The lowest BCUT2D eigenvalue weighted by molar-refractivity contribution is 0.103. The first kappa shape index (κ1) is 15.2. The maximum Gasteiger partial charge on any atom is 0.483 e. The molecule has 0 aromatic carbocycles. The third-order valence-corrected chi connectivity index (χ3v) is 3.54. The molecule has 0 spiro atoms. The zero-order valence-corrected chi connectivity index (χ0v) is 9.34. The Hall–Kier alpha value is 0.180. The Labute approximate surface area is 85.5 Å². The van der Waals surface area contributed by atoms with Gasteiger partial charge < -0.3 is 20.0 Å². The minimum Gasteiger partial charge on any atom is -0.394 e. The lowest BCUT2D eigenvalue weighted by Crippen LogP contribution is -2.05. The Kier molecular flexibility index (Phi) is 6.78. The fourth-order valence-electron chi connectivity index (χ4n) is 0.520. The Morgan fingerprint density at radius 2 is 1.33 bits per heavy atom. The van der Waals surface area contributed by atoms with E-state index in [1.807, 2.05) is 0 Å². The van der Waals surface area contributed by atoms with E-state index >= 15 is 0 Å². The molecule has 0 aliphatic heterocycles. The molecule has 4 N–H and O–H groups in total. The van der Waals surface area contributed by atoms with Gasteiger partial charge >= 0.3 is 15.6 Å². The van der Waals surface area contributed by atoms with Crippen LogP contribution in [0.25, 0.3) is 0 Å². The Morgan fingerprint density at radius 1 is 0.933 bits per heavy atom. The summed E-state index contributed by atoms with van der Waals surface area (Å²) in [6, 6.07) is 0. The molecule has 11 heteroatoms. The van der Waals surface area contributed by atoms with Gasteiger partial charge in [0.05, 0.1) is 26.4 Å². The molecule has 0 unspecified atom stereocenters. The lowest BCUT2D eigenvalue weighted by Gasteiger charge is -2.16. The molecule has 0 aromatic rings. The van der Waals surface area contributed by atoms with Crippen LogP contribution in [-0.2, 0) is 22.5 Å². The second-order valence-electron chi connectivity index (χ2n) is 2.13. The Morgan fingerprint density at radius 3 is 1.60 bits per heavy atom. The SMILES string of the molecule is O=P(O)(O)OP(=O)(OCCO)OCCO. The van der Waals surface area contributed by atoms with Gasteiger partial charge in [0.1, 0.15) is 0 Å². The predicted octanol–water partition coefficient (Wildman–Crippen LogP) is -0.778. The van der Waals surface area contributed by atoms with Crippen molar-refractivity contribution in [3.63, 3.8) is 0 Å². The van der Waals surface area contributed by atoms with Crippen molar-refractivity contribution in [1.29, 1.82) is 0 Å². The van der Waals surface area contributed by atoms with Crippen LogP contribution < -0.4 is 0 Å². The molecule has 0 heterocycles. The van der Waals surface area contributed by atoms with Crippen LogP contribution in [0.1, 0.15) is 0 Å². The average Bonchev–Trinajstić information content (AvgIpc) is 2.09. The highest BCUT2D eigenvalue weighted by Crippen LogP contribution is 2.60. The van der Waals surface area contributed by atoms with E-state index in [1.54, 1.807) is 0 Å². The molecule has 0 saturated heterocycles. The molecule has 0 atom stereocenters. The maximum atomic E-state index is 11.4. The molecule has 0 saturated carbocycles. The minimum atomic E-state index is -5.04. The van der Waals surface area contributed by atoms with E-state index in [-0.39, 0.29) is 0 Å². The highest BCUT2D eigenvalue weighted by Gasteiger charge is 2.35. The fraction of sp³-hybridized carbons (Fsp3) is 1.00. The van der Waals surface area contributed by atoms with Gasteiger partial charge in [0, 0.05) is 0 Å². The average molecular weight is 266 g/mol. The van der Waals surface area contributed by atoms with Gasteiger partial charge in [0.15, 0.2) is 0 Å². The van der Waals surface area contributed by atoms with Crippen LogP contribution in [0.5, 0.6) is 0 Å². The summed E-state index contributed by atoms with van der Waals surface area (Å²) in [5.41, 5.74) is 0. The van der Waals surface area contributed by atoms with Gasteiger partial charge in [-0.2, -0.15) is 4.31 Å². The van der Waals surface area contributed by atoms with Crippen LogP contribution in [0.15, 0.2) is 0 Å². The number of aliphatic hydroxyl groups excluding tert-OH is 2. The van der Waals surface area contributed by atoms with Crippen molar-refractivity contribution in [3.8, 4) is 0 Å². The van der Waals surface area contributed by atoms with E-state index in [4.69, 9.17) is 20.0 Å². The van der Waals surface area contributed by atoms with Crippen LogP contribution in [-0.4, -0.2) is 46.4 Å². The molecule has 0 aliphatic carbocycles. The van der Waals surface area contributed by atoms with Crippen molar-refractivity contribution >= 4 is 15.6 Å². The van der Waals surface area contributed by atoms with Gasteiger partial charge in [0.25, 0.3) is 0 Å². The first-order valence-electron chi connectivity index (χ1n) is 3.71. The van der Waals surface area contributed by atoms with Crippen molar-refractivity contribution in [1.82, 2.24) is 0 Å². The summed E-state index contributed by atoms with van der Waals surface area (Å²) in [4.78, 5) is 16.8. The van der Waals surface area contributed by atoms with E-state index in [2.05, 4.69) is 13.4 Å². The molecule has 0 bridgehead atoms. The van der Waals surface area contributed by atoms with Crippen molar-refractivity contribution in [3.05, 3.63) is 0 Å². The zero-order chi connectivity index (χ0) is 11.9. The van der Waals surface area contributed by atoms with Gasteiger partial charge in [-0.1, -0.05) is 0 Å². The second kappa shape index (κ2) is 6.70. The van der Waals surface area contributed by atoms with Crippen molar-refractivity contribution in [2.24, 2.45) is 0 Å². The van der Waals surface area contributed by atoms with E-state index in [9.17, 15) is 9.13 Å². The fourth-order valence-corrected chi connectivity index (χ4v) is 2.62. The summed E-state index contributed by atoms with van der Waals surface area (Å²) in [7, 11) is -9.50. The van der Waals surface area contributed by atoms with Crippen molar-refractivity contribution in [2.45, 2.75) is 0 Å². The zero-order valence-electron chi connectivity index (χ0n) is 7.55. The molecule has 15 heavy (non-hydrogen) atoms. The molecule has 0 aliphatic rings. The van der Waals surface area contributed by atoms with Crippen LogP contribution in [0.2, 0.25) is 0 Å². The Bertz CT molecular complexity index is 247. The molecule has 0 fully saturated rings. The predicted molar refractivity (Wildman–Crippen MR) is 46.8 cm³/mol. The van der Waals surface area contributed by atoms with Crippen LogP contribution >= 0.6 is 15.6 Å². The number of phosphoric ester groups is 1. The first-order chi connectivity index (χ1) is 6.83. The standard InChI is InChI=1S/C4H12O9P2/c5-1-3-11-15(10,12-4-2-6)13-14(7,8)9/h5-6H,1-4H2,(H2,7,8,9). The smallest absolute Gasteiger partial charge is 0.394 e. The monoisotopic (exact) mass is 266 g/mol. The first-order valence-corrected chi connectivity index (χ1v) is 6.70. The second-order valence-corrected chi connectivity index (χ2v) is 5.18. The van der Waals surface area contributed by atoms with Crippen LogP contribution in [0.4, 0.5) is 0 Å². The summed E-state index contributed by atoms with van der Waals surface area (Å²) in [6.07, 6.45) is 0. The van der Waals surface area contributed by atoms with Crippen molar-refractivity contribution < 1.29 is 42.5 Å². The van der Waals surface area contributed by atoms with Gasteiger partial charge in [-0.3, -0.25) is 9.05 Å². The third kappa shape index (κ3) is 8.04. The molecule has 0 radical (unpaired) electrons.